The number of benzene rings is 2. The maximum Gasteiger partial charge on any atom is 0.343 e. The highest BCUT2D eigenvalue weighted by Gasteiger charge is 2.16. The highest BCUT2D eigenvalue weighted by Crippen LogP contribution is 2.30. The Balaban J connectivity index is 1.88. The molecule has 30 heavy (non-hydrogen) atoms. The first kappa shape index (κ1) is 20.5. The molecule has 3 rings (SSSR count). The number of allylic oxidation sites excluding steroid dienone is 1. The average molecular weight is 398 g/mol. The molecule has 3 aromatic rings. The number of rotatable bonds is 6. The van der Waals surface area contributed by atoms with Crippen LogP contribution in [-0.4, -0.2) is 23.8 Å². The molecule has 0 aliphatic heterocycles. The molecule has 0 N–H and O–H groups in total. The van der Waals surface area contributed by atoms with Crippen LogP contribution in [-0.2, 0) is 0 Å². The van der Waals surface area contributed by atoms with Crippen LogP contribution in [0.15, 0.2) is 72.6 Å². The summed E-state index contributed by atoms with van der Waals surface area (Å²) in [7, 11) is 1.44. The maximum atomic E-state index is 12.7. The van der Waals surface area contributed by atoms with Crippen LogP contribution in [0.3, 0.4) is 0 Å². The molecule has 0 radical (unpaired) electrons. The Morgan fingerprint density at radius 3 is 2.43 bits per heavy atom. The van der Waals surface area contributed by atoms with E-state index in [9.17, 15) is 14.9 Å². The lowest BCUT2D eigenvalue weighted by Gasteiger charge is -2.10. The van der Waals surface area contributed by atoms with Crippen molar-refractivity contribution in [2.24, 2.45) is 0 Å². The molecule has 0 atom stereocenters. The molecule has 0 aliphatic carbocycles. The minimum atomic E-state index is -0.550. The summed E-state index contributed by atoms with van der Waals surface area (Å²) in [6.45, 7) is 1.82. The van der Waals surface area contributed by atoms with Crippen molar-refractivity contribution in [1.29, 1.82) is 5.26 Å². The lowest BCUT2D eigenvalue weighted by atomic mass is 9.98. The van der Waals surface area contributed by atoms with Crippen LogP contribution >= 0.6 is 0 Å². The van der Waals surface area contributed by atoms with Crippen LogP contribution in [0.25, 0.3) is 6.08 Å². The molecule has 0 unspecified atom stereocenters. The van der Waals surface area contributed by atoms with E-state index in [0.29, 0.717) is 22.4 Å². The van der Waals surface area contributed by atoms with Crippen LogP contribution in [0.4, 0.5) is 0 Å². The van der Waals surface area contributed by atoms with Crippen LogP contribution in [0, 0.1) is 18.3 Å². The molecule has 1 aromatic heterocycles. The van der Waals surface area contributed by atoms with E-state index >= 15 is 0 Å². The van der Waals surface area contributed by atoms with Gasteiger partial charge in [0.2, 0.25) is 5.78 Å². The number of nitriles is 1. The fourth-order valence-corrected chi connectivity index (χ4v) is 2.79. The first-order valence-corrected chi connectivity index (χ1v) is 9.06. The molecule has 0 amide bonds. The van der Waals surface area contributed by atoms with Gasteiger partial charge < -0.3 is 9.47 Å². The number of nitrogens with zero attached hydrogens (tertiary/aromatic N) is 2. The number of Topliss-reactive ketones (excluding diaryl/α,β-unsaturated/α-hetero) is 1. The minimum absolute atomic E-state index is 0.00659. The third-order valence-electron chi connectivity index (χ3n) is 4.37. The standard InChI is InChI=1S/C24H18N2O4/c1-16-5-3-4-6-20(16)23(27)19(15-25)13-17-7-8-21(22(14-17)29-2)30-24(28)18-9-11-26-12-10-18/h3-14H,1-2H3/b19-13+. The van der Waals surface area contributed by atoms with E-state index in [1.54, 1.807) is 42.5 Å². The van der Waals surface area contributed by atoms with Crippen molar-refractivity contribution in [3.63, 3.8) is 0 Å². The van der Waals surface area contributed by atoms with Crippen LogP contribution in [0.2, 0.25) is 0 Å². The van der Waals surface area contributed by atoms with Crippen LogP contribution < -0.4 is 9.47 Å². The molecule has 6 heteroatoms. The highest BCUT2D eigenvalue weighted by molar-refractivity contribution is 6.14. The fourth-order valence-electron chi connectivity index (χ4n) is 2.79. The van der Waals surface area contributed by atoms with E-state index < -0.39 is 5.97 Å². The number of aromatic nitrogens is 1. The van der Waals surface area contributed by atoms with Crippen molar-refractivity contribution in [2.45, 2.75) is 6.92 Å². The van der Waals surface area contributed by atoms with E-state index in [1.165, 1.54) is 25.6 Å². The summed E-state index contributed by atoms with van der Waals surface area (Å²) in [5.74, 6) is -0.388. The van der Waals surface area contributed by atoms with Crippen molar-refractivity contribution >= 4 is 17.8 Å². The van der Waals surface area contributed by atoms with Gasteiger partial charge in [-0.3, -0.25) is 9.78 Å². The van der Waals surface area contributed by atoms with Gasteiger partial charge in [0, 0.05) is 18.0 Å². The van der Waals surface area contributed by atoms with Gasteiger partial charge in [-0.25, -0.2) is 4.79 Å². The Morgan fingerprint density at radius 2 is 1.77 bits per heavy atom. The molecule has 0 aliphatic rings. The van der Waals surface area contributed by atoms with Crippen LogP contribution in [0.5, 0.6) is 11.5 Å². The molecule has 0 bridgehead atoms. The highest BCUT2D eigenvalue weighted by atomic mass is 16.6. The van der Waals surface area contributed by atoms with Crippen molar-refractivity contribution < 1.29 is 19.1 Å². The number of carbonyl (C=O) groups excluding carboxylic acids is 2. The summed E-state index contributed by atoms with van der Waals surface area (Å²) in [6.07, 6.45) is 4.47. The summed E-state index contributed by atoms with van der Waals surface area (Å²) >= 11 is 0. The van der Waals surface area contributed by atoms with Gasteiger partial charge in [0.15, 0.2) is 11.5 Å². The predicted octanol–water partition coefficient (Wildman–Crippen LogP) is 4.41. The monoisotopic (exact) mass is 398 g/mol. The number of methoxy groups -OCH3 is 1. The third kappa shape index (κ3) is 4.59. The number of pyridine rings is 1. The predicted molar refractivity (Wildman–Crippen MR) is 111 cm³/mol. The lowest BCUT2D eigenvalue weighted by molar-refractivity contribution is 0.0729. The SMILES string of the molecule is COc1cc(/C=C(\C#N)C(=O)c2ccccc2C)ccc1OC(=O)c1ccncc1. The Hall–Kier alpha value is -4.24. The second-order valence-corrected chi connectivity index (χ2v) is 6.35. The largest absolute Gasteiger partial charge is 0.493 e. The number of hydrogen-bond acceptors (Lipinski definition) is 6. The Bertz CT molecular complexity index is 1160. The Morgan fingerprint density at radius 1 is 1.03 bits per heavy atom. The van der Waals surface area contributed by atoms with Gasteiger partial charge in [0.05, 0.1) is 12.7 Å². The maximum absolute atomic E-state index is 12.7. The normalized spacial score (nSPS) is 10.8. The van der Waals surface area contributed by atoms with Crippen molar-refractivity contribution in [1.82, 2.24) is 4.98 Å². The second-order valence-electron chi connectivity index (χ2n) is 6.35. The molecule has 0 saturated carbocycles. The first-order chi connectivity index (χ1) is 14.5. The second kappa shape index (κ2) is 9.30. The van der Waals surface area contributed by atoms with E-state index in [1.807, 2.05) is 25.1 Å². The van der Waals surface area contributed by atoms with Crippen molar-refractivity contribution in [2.75, 3.05) is 7.11 Å². The summed E-state index contributed by atoms with van der Waals surface area (Å²) in [5, 5.41) is 9.49. The smallest absolute Gasteiger partial charge is 0.343 e. The number of aryl methyl sites for hydroxylation is 1. The summed E-state index contributed by atoms with van der Waals surface area (Å²) in [6, 6.07) is 16.9. The summed E-state index contributed by atoms with van der Waals surface area (Å²) in [4.78, 5) is 28.9. The van der Waals surface area contributed by atoms with E-state index in [2.05, 4.69) is 4.98 Å². The zero-order valence-electron chi connectivity index (χ0n) is 16.5. The molecule has 6 nitrogen and oxygen atoms in total. The molecule has 0 saturated heterocycles. The Labute approximate surface area is 174 Å². The van der Waals surface area contributed by atoms with E-state index in [-0.39, 0.29) is 17.1 Å². The molecular formula is C24H18N2O4. The molecular weight excluding hydrogens is 380 g/mol. The zero-order chi connectivity index (χ0) is 21.5. The van der Waals surface area contributed by atoms with Crippen LogP contribution in [0.1, 0.15) is 31.8 Å². The molecule has 0 spiro atoms. The fraction of sp³-hybridized carbons (Fsp3) is 0.0833. The average Bonchev–Trinajstić information content (AvgIpc) is 2.78. The lowest BCUT2D eigenvalue weighted by Crippen LogP contribution is -2.09. The first-order valence-electron chi connectivity index (χ1n) is 9.06. The van der Waals surface area contributed by atoms with Gasteiger partial charge in [-0.05, 0) is 48.4 Å². The number of carbonyl (C=O) groups is 2. The van der Waals surface area contributed by atoms with Gasteiger partial charge in [-0.1, -0.05) is 30.3 Å². The van der Waals surface area contributed by atoms with Gasteiger partial charge in [-0.15, -0.1) is 0 Å². The number of ketones is 1. The van der Waals surface area contributed by atoms with Gasteiger partial charge >= 0.3 is 5.97 Å². The summed E-state index contributed by atoms with van der Waals surface area (Å²) in [5.41, 5.74) is 2.17. The number of ether oxygens (including phenoxy) is 2. The Kier molecular flexibility index (Phi) is 6.36. The molecule has 1 heterocycles. The molecule has 2 aromatic carbocycles. The topological polar surface area (TPSA) is 89.3 Å². The van der Waals surface area contributed by atoms with E-state index in [4.69, 9.17) is 9.47 Å². The number of esters is 1. The van der Waals surface area contributed by atoms with Crippen molar-refractivity contribution in [3.8, 4) is 17.6 Å². The molecule has 148 valence electrons. The minimum Gasteiger partial charge on any atom is -0.493 e. The molecule has 0 fully saturated rings. The zero-order valence-corrected chi connectivity index (χ0v) is 16.5. The van der Waals surface area contributed by atoms with Gasteiger partial charge in [0.25, 0.3) is 0 Å². The quantitative estimate of drug-likeness (QED) is 0.201. The third-order valence-corrected chi connectivity index (χ3v) is 4.37. The number of hydrogen-bond donors (Lipinski definition) is 0. The van der Waals surface area contributed by atoms with E-state index in [0.717, 1.165) is 5.56 Å². The van der Waals surface area contributed by atoms with Gasteiger partial charge in [0.1, 0.15) is 11.6 Å². The summed E-state index contributed by atoms with van der Waals surface area (Å²) < 4.78 is 10.7. The van der Waals surface area contributed by atoms with Gasteiger partial charge in [-0.2, -0.15) is 5.26 Å². The van der Waals surface area contributed by atoms with Crippen molar-refractivity contribution in [3.05, 3.63) is 94.8 Å².